The summed E-state index contributed by atoms with van der Waals surface area (Å²) in [6.07, 6.45) is 4.40. The third kappa shape index (κ3) is 6.97. The summed E-state index contributed by atoms with van der Waals surface area (Å²) in [6.45, 7) is 7.17. The van der Waals surface area contributed by atoms with Crippen LogP contribution in [0.2, 0.25) is 0 Å². The third-order valence-electron chi connectivity index (χ3n) is 3.11. The maximum Gasteiger partial charge on any atom is 0.307 e. The number of carbonyl (C=O) groups is 1. The minimum Gasteiger partial charge on any atom is -0.460 e. The summed E-state index contributed by atoms with van der Waals surface area (Å²) in [5.41, 5.74) is -0.398. The normalized spacial score (nSPS) is 24.9. The number of aliphatic hydroxyl groups excluding tert-OH is 1. The highest BCUT2D eigenvalue weighted by Crippen LogP contribution is 2.23. The van der Waals surface area contributed by atoms with E-state index in [9.17, 15) is 9.90 Å². The van der Waals surface area contributed by atoms with E-state index < -0.39 is 5.60 Å². The van der Waals surface area contributed by atoms with Gasteiger partial charge in [-0.2, -0.15) is 0 Å². The van der Waals surface area contributed by atoms with Crippen LogP contribution in [0.5, 0.6) is 0 Å². The Hall–Kier alpha value is -0.610. The van der Waals surface area contributed by atoms with Crippen LogP contribution in [0.1, 0.15) is 52.9 Å². The summed E-state index contributed by atoms with van der Waals surface area (Å²) >= 11 is 0. The molecule has 0 saturated heterocycles. The van der Waals surface area contributed by atoms with Crippen molar-refractivity contribution >= 4 is 5.97 Å². The fourth-order valence-electron chi connectivity index (χ4n) is 2.34. The van der Waals surface area contributed by atoms with Crippen molar-refractivity contribution in [2.45, 2.75) is 64.6 Å². The SMILES string of the molecule is CC(C)(C)OC(=O)CCNCC1CCCC(O)C1. The molecule has 4 heteroatoms. The monoisotopic (exact) mass is 257 g/mol. The van der Waals surface area contributed by atoms with Gasteiger partial charge < -0.3 is 15.2 Å². The number of hydrogen-bond acceptors (Lipinski definition) is 4. The molecule has 0 aromatic heterocycles. The molecular weight excluding hydrogens is 230 g/mol. The summed E-state index contributed by atoms with van der Waals surface area (Å²) in [7, 11) is 0. The number of hydrogen-bond donors (Lipinski definition) is 2. The Balaban J connectivity index is 2.06. The lowest BCUT2D eigenvalue weighted by molar-refractivity contribution is -0.154. The van der Waals surface area contributed by atoms with Gasteiger partial charge in [0.05, 0.1) is 12.5 Å². The molecule has 106 valence electrons. The molecule has 0 radical (unpaired) electrons. The number of esters is 1. The highest BCUT2D eigenvalue weighted by atomic mass is 16.6. The maximum atomic E-state index is 11.5. The Kier molecular flexibility index (Phi) is 6.09. The van der Waals surface area contributed by atoms with Crippen molar-refractivity contribution in [1.82, 2.24) is 5.32 Å². The second kappa shape index (κ2) is 7.10. The quantitative estimate of drug-likeness (QED) is 0.583. The fraction of sp³-hybridized carbons (Fsp3) is 0.929. The molecule has 1 rings (SSSR count). The van der Waals surface area contributed by atoms with E-state index in [0.29, 0.717) is 18.9 Å². The molecule has 0 spiro atoms. The second-order valence-corrected chi connectivity index (χ2v) is 6.23. The molecule has 0 amide bonds. The molecule has 0 bridgehead atoms. The van der Waals surface area contributed by atoms with Gasteiger partial charge >= 0.3 is 5.97 Å². The lowest BCUT2D eigenvalue weighted by Gasteiger charge is -2.26. The van der Waals surface area contributed by atoms with E-state index >= 15 is 0 Å². The lowest BCUT2D eigenvalue weighted by atomic mass is 9.87. The van der Waals surface area contributed by atoms with Gasteiger partial charge in [0, 0.05) is 6.54 Å². The predicted octanol–water partition coefficient (Wildman–Crippen LogP) is 1.86. The Morgan fingerprint density at radius 3 is 2.72 bits per heavy atom. The van der Waals surface area contributed by atoms with Crippen LogP contribution < -0.4 is 5.32 Å². The minimum atomic E-state index is -0.398. The smallest absolute Gasteiger partial charge is 0.307 e. The van der Waals surface area contributed by atoms with E-state index in [0.717, 1.165) is 25.8 Å². The van der Waals surface area contributed by atoms with Crippen LogP contribution in [0, 0.1) is 5.92 Å². The predicted molar refractivity (Wildman–Crippen MR) is 71.3 cm³/mol. The first kappa shape index (κ1) is 15.4. The molecule has 4 nitrogen and oxygen atoms in total. The van der Waals surface area contributed by atoms with E-state index in [1.165, 1.54) is 6.42 Å². The van der Waals surface area contributed by atoms with Gasteiger partial charge in [0.15, 0.2) is 0 Å². The minimum absolute atomic E-state index is 0.128. The first-order chi connectivity index (χ1) is 8.37. The zero-order valence-corrected chi connectivity index (χ0v) is 11.9. The van der Waals surface area contributed by atoms with E-state index in [1.54, 1.807) is 0 Å². The summed E-state index contributed by atoms with van der Waals surface area (Å²) in [5.74, 6) is 0.395. The largest absolute Gasteiger partial charge is 0.460 e. The lowest BCUT2D eigenvalue weighted by Crippen LogP contribution is -2.31. The molecule has 2 atom stereocenters. The Bertz CT molecular complexity index is 260. The van der Waals surface area contributed by atoms with Gasteiger partial charge in [-0.05, 0) is 52.5 Å². The van der Waals surface area contributed by atoms with Gasteiger partial charge in [-0.15, -0.1) is 0 Å². The van der Waals surface area contributed by atoms with Crippen LogP contribution in [0.4, 0.5) is 0 Å². The number of ether oxygens (including phenoxy) is 1. The number of rotatable bonds is 5. The summed E-state index contributed by atoms with van der Waals surface area (Å²) in [6, 6.07) is 0. The molecule has 0 aliphatic heterocycles. The molecule has 2 N–H and O–H groups in total. The van der Waals surface area contributed by atoms with Crippen LogP contribution in [-0.4, -0.2) is 35.9 Å². The average molecular weight is 257 g/mol. The Morgan fingerprint density at radius 2 is 2.11 bits per heavy atom. The molecule has 0 aromatic rings. The van der Waals surface area contributed by atoms with Crippen LogP contribution in [0.15, 0.2) is 0 Å². The average Bonchev–Trinajstić information content (AvgIpc) is 2.22. The van der Waals surface area contributed by atoms with Crippen molar-refractivity contribution in [2.24, 2.45) is 5.92 Å². The molecule has 1 aliphatic carbocycles. The van der Waals surface area contributed by atoms with E-state index in [4.69, 9.17) is 4.74 Å². The molecule has 1 aliphatic rings. The van der Waals surface area contributed by atoms with Gasteiger partial charge in [-0.1, -0.05) is 6.42 Å². The molecule has 18 heavy (non-hydrogen) atoms. The summed E-state index contributed by atoms with van der Waals surface area (Å²) in [4.78, 5) is 11.5. The van der Waals surface area contributed by atoms with Gasteiger partial charge in [-0.25, -0.2) is 0 Å². The van der Waals surface area contributed by atoms with Crippen molar-refractivity contribution < 1.29 is 14.6 Å². The fourth-order valence-corrected chi connectivity index (χ4v) is 2.34. The van der Waals surface area contributed by atoms with Crippen LogP contribution in [-0.2, 0) is 9.53 Å². The zero-order chi connectivity index (χ0) is 13.6. The topological polar surface area (TPSA) is 58.6 Å². The molecule has 2 unspecified atom stereocenters. The van der Waals surface area contributed by atoms with E-state index in [-0.39, 0.29) is 12.1 Å². The molecular formula is C14H27NO3. The molecule has 1 fully saturated rings. The number of aliphatic hydroxyl groups is 1. The summed E-state index contributed by atoms with van der Waals surface area (Å²) in [5, 5.41) is 12.8. The zero-order valence-electron chi connectivity index (χ0n) is 11.9. The number of carbonyl (C=O) groups excluding carboxylic acids is 1. The maximum absolute atomic E-state index is 11.5. The van der Waals surface area contributed by atoms with Crippen molar-refractivity contribution in [3.63, 3.8) is 0 Å². The first-order valence-corrected chi connectivity index (χ1v) is 6.97. The van der Waals surface area contributed by atoms with Crippen LogP contribution in [0.25, 0.3) is 0 Å². The van der Waals surface area contributed by atoms with Gasteiger partial charge in [0.25, 0.3) is 0 Å². The third-order valence-corrected chi connectivity index (χ3v) is 3.11. The van der Waals surface area contributed by atoms with E-state index in [2.05, 4.69) is 5.32 Å². The van der Waals surface area contributed by atoms with Gasteiger partial charge in [0.2, 0.25) is 0 Å². The van der Waals surface area contributed by atoms with Crippen molar-refractivity contribution in [3.05, 3.63) is 0 Å². The van der Waals surface area contributed by atoms with Crippen molar-refractivity contribution in [1.29, 1.82) is 0 Å². The van der Waals surface area contributed by atoms with Crippen LogP contribution >= 0.6 is 0 Å². The summed E-state index contributed by atoms with van der Waals surface area (Å²) < 4.78 is 5.23. The van der Waals surface area contributed by atoms with Gasteiger partial charge in [-0.3, -0.25) is 4.79 Å². The molecule has 1 saturated carbocycles. The first-order valence-electron chi connectivity index (χ1n) is 6.97. The standard InChI is InChI=1S/C14H27NO3/c1-14(2,3)18-13(17)7-8-15-10-11-5-4-6-12(16)9-11/h11-12,15-16H,4-10H2,1-3H3. The Labute approximate surface area is 110 Å². The Morgan fingerprint density at radius 1 is 1.39 bits per heavy atom. The highest BCUT2D eigenvalue weighted by molar-refractivity contribution is 5.70. The molecule has 0 heterocycles. The number of nitrogens with one attached hydrogen (secondary N) is 1. The second-order valence-electron chi connectivity index (χ2n) is 6.23. The molecule has 0 aromatic carbocycles. The van der Waals surface area contributed by atoms with E-state index in [1.807, 2.05) is 20.8 Å². The highest BCUT2D eigenvalue weighted by Gasteiger charge is 2.20. The van der Waals surface area contributed by atoms with Crippen molar-refractivity contribution in [2.75, 3.05) is 13.1 Å². The van der Waals surface area contributed by atoms with Crippen LogP contribution in [0.3, 0.4) is 0 Å². The van der Waals surface area contributed by atoms with Crippen molar-refractivity contribution in [3.8, 4) is 0 Å². The van der Waals surface area contributed by atoms with Gasteiger partial charge in [0.1, 0.15) is 5.60 Å².